The second-order valence-electron chi connectivity index (χ2n) is 5.70. The minimum absolute atomic E-state index is 0.0940. The maximum Gasteiger partial charge on any atom is 0.268 e. The van der Waals surface area contributed by atoms with E-state index in [2.05, 4.69) is 10.6 Å². The van der Waals surface area contributed by atoms with Crippen LogP contribution in [-0.2, 0) is 14.3 Å². The third-order valence-corrected chi connectivity index (χ3v) is 3.75. The molecule has 2 amide bonds. The topological polar surface area (TPSA) is 138 Å². The van der Waals surface area contributed by atoms with Gasteiger partial charge in [-0.25, -0.2) is 0 Å². The number of likely N-dealkylation sites (N-methyl/N-ethyl adjacent to an activating group) is 1. The molecule has 0 spiro atoms. The highest BCUT2D eigenvalue weighted by atomic mass is 16.5. The van der Waals surface area contributed by atoms with Crippen molar-refractivity contribution in [3.63, 3.8) is 0 Å². The van der Waals surface area contributed by atoms with E-state index in [-0.39, 0.29) is 11.4 Å². The number of rotatable bonds is 8. The summed E-state index contributed by atoms with van der Waals surface area (Å²) < 4.78 is 5.67. The molecule has 0 heterocycles. The molecule has 130 valence electrons. The maximum absolute atomic E-state index is 12.3. The standard InChI is InChI=1S/C16H22N4O4/c1-19-14(16(23)20-13(7-21)15(18)22)11-6-10(4-5-12(11)17)24-8-9-2-3-9/h4-6,9,13,17,19,21H,2-3,7-8H2,1H3,(H2,18,22)(H,20,23)/b14-11-,17-12?/t13-/m0/s1. The first-order chi connectivity index (χ1) is 11.5. The Kier molecular flexibility index (Phi) is 5.75. The molecule has 0 aliphatic heterocycles. The lowest BCUT2D eigenvalue weighted by Crippen LogP contribution is -2.48. The van der Waals surface area contributed by atoms with Gasteiger partial charge in [-0.2, -0.15) is 0 Å². The molecular formula is C16H22N4O4. The molecule has 0 unspecified atom stereocenters. The summed E-state index contributed by atoms with van der Waals surface area (Å²) in [5.74, 6) is -0.319. The number of primary amides is 1. The molecule has 2 aliphatic carbocycles. The van der Waals surface area contributed by atoms with E-state index in [0.29, 0.717) is 23.9 Å². The smallest absolute Gasteiger partial charge is 0.268 e. The fourth-order valence-corrected chi connectivity index (χ4v) is 2.13. The first-order valence-corrected chi connectivity index (χ1v) is 7.70. The highest BCUT2D eigenvalue weighted by Crippen LogP contribution is 2.30. The van der Waals surface area contributed by atoms with Crippen LogP contribution in [0, 0.1) is 11.3 Å². The number of amides is 2. The molecule has 0 radical (unpaired) electrons. The SMILES string of the molecule is CN/C(C(=O)N[C@@H](CO)C(N)=O)=C1/C=C(OCC2CC2)C=CC1=N. The van der Waals surface area contributed by atoms with Crippen LogP contribution in [-0.4, -0.2) is 48.9 Å². The third-order valence-electron chi connectivity index (χ3n) is 3.75. The summed E-state index contributed by atoms with van der Waals surface area (Å²) in [6, 6.07) is -1.19. The Balaban J connectivity index is 2.19. The van der Waals surface area contributed by atoms with Gasteiger partial charge in [0.25, 0.3) is 5.91 Å². The molecule has 24 heavy (non-hydrogen) atoms. The van der Waals surface area contributed by atoms with Crippen LogP contribution in [0.2, 0.25) is 0 Å². The van der Waals surface area contributed by atoms with Crippen molar-refractivity contribution in [2.45, 2.75) is 18.9 Å². The van der Waals surface area contributed by atoms with Crippen LogP contribution in [0.4, 0.5) is 0 Å². The van der Waals surface area contributed by atoms with E-state index < -0.39 is 24.5 Å². The number of allylic oxidation sites excluding steroid dienone is 4. The van der Waals surface area contributed by atoms with Crippen molar-refractivity contribution >= 4 is 17.5 Å². The normalized spacial score (nSPS) is 20.1. The molecule has 8 heteroatoms. The van der Waals surface area contributed by atoms with Gasteiger partial charge in [-0.05, 0) is 37.0 Å². The van der Waals surface area contributed by atoms with Crippen molar-refractivity contribution in [2.75, 3.05) is 20.3 Å². The number of hydrogen-bond acceptors (Lipinski definition) is 6. The van der Waals surface area contributed by atoms with E-state index in [0.717, 1.165) is 12.8 Å². The lowest BCUT2D eigenvalue weighted by atomic mass is 10.0. The largest absolute Gasteiger partial charge is 0.493 e. The van der Waals surface area contributed by atoms with Gasteiger partial charge < -0.3 is 31.6 Å². The Morgan fingerprint density at radius 3 is 2.71 bits per heavy atom. The number of nitrogens with one attached hydrogen (secondary N) is 3. The fraction of sp³-hybridized carbons (Fsp3) is 0.438. The van der Waals surface area contributed by atoms with E-state index in [9.17, 15) is 9.59 Å². The van der Waals surface area contributed by atoms with Crippen molar-refractivity contribution in [1.82, 2.24) is 10.6 Å². The molecule has 0 aromatic rings. The molecule has 1 fully saturated rings. The van der Waals surface area contributed by atoms with Gasteiger partial charge in [-0.3, -0.25) is 9.59 Å². The van der Waals surface area contributed by atoms with Crippen LogP contribution in [0.3, 0.4) is 0 Å². The lowest BCUT2D eigenvalue weighted by Gasteiger charge is -2.18. The quantitative estimate of drug-likeness (QED) is 0.375. The van der Waals surface area contributed by atoms with Crippen LogP contribution in [0.1, 0.15) is 12.8 Å². The van der Waals surface area contributed by atoms with Gasteiger partial charge in [-0.15, -0.1) is 0 Å². The molecular weight excluding hydrogens is 312 g/mol. The first kappa shape index (κ1) is 17.7. The van der Waals surface area contributed by atoms with Gasteiger partial charge in [0, 0.05) is 12.6 Å². The average molecular weight is 334 g/mol. The molecule has 1 atom stereocenters. The van der Waals surface area contributed by atoms with Crippen molar-refractivity contribution in [2.24, 2.45) is 11.7 Å². The van der Waals surface area contributed by atoms with Gasteiger partial charge in [-0.1, -0.05) is 0 Å². The highest BCUT2D eigenvalue weighted by molar-refractivity contribution is 6.14. The molecule has 6 N–H and O–H groups in total. The Hall–Kier alpha value is -2.61. The van der Waals surface area contributed by atoms with Crippen LogP contribution >= 0.6 is 0 Å². The van der Waals surface area contributed by atoms with E-state index >= 15 is 0 Å². The molecule has 0 saturated heterocycles. The van der Waals surface area contributed by atoms with E-state index in [1.165, 1.54) is 7.05 Å². The number of hydrogen-bond donors (Lipinski definition) is 5. The summed E-state index contributed by atoms with van der Waals surface area (Å²) in [6.45, 7) is 0.0163. The lowest BCUT2D eigenvalue weighted by molar-refractivity contribution is -0.126. The maximum atomic E-state index is 12.3. The fourth-order valence-electron chi connectivity index (χ4n) is 2.13. The summed E-state index contributed by atoms with van der Waals surface area (Å²) >= 11 is 0. The van der Waals surface area contributed by atoms with Gasteiger partial charge >= 0.3 is 0 Å². The van der Waals surface area contributed by atoms with Crippen LogP contribution in [0.15, 0.2) is 35.3 Å². The molecule has 0 aromatic carbocycles. The number of ether oxygens (including phenoxy) is 1. The zero-order chi connectivity index (χ0) is 17.7. The summed E-state index contributed by atoms with van der Waals surface area (Å²) in [7, 11) is 1.53. The Morgan fingerprint density at radius 1 is 1.46 bits per heavy atom. The molecule has 2 aliphatic rings. The zero-order valence-electron chi connectivity index (χ0n) is 13.5. The molecule has 0 aromatic heterocycles. The zero-order valence-corrected chi connectivity index (χ0v) is 13.5. The first-order valence-electron chi connectivity index (χ1n) is 7.70. The average Bonchev–Trinajstić information content (AvgIpc) is 3.37. The van der Waals surface area contributed by atoms with Crippen LogP contribution in [0.25, 0.3) is 0 Å². The Bertz CT molecular complexity index is 632. The van der Waals surface area contributed by atoms with Gasteiger partial charge in [0.2, 0.25) is 5.91 Å². The monoisotopic (exact) mass is 334 g/mol. The number of carbonyl (C=O) groups excluding carboxylic acids is 2. The summed E-state index contributed by atoms with van der Waals surface area (Å²) in [5, 5.41) is 22.2. The van der Waals surface area contributed by atoms with Crippen LogP contribution in [0.5, 0.6) is 0 Å². The minimum Gasteiger partial charge on any atom is -0.493 e. The number of aliphatic hydroxyl groups excluding tert-OH is 1. The van der Waals surface area contributed by atoms with Crippen molar-refractivity contribution < 1.29 is 19.4 Å². The summed E-state index contributed by atoms with van der Waals surface area (Å²) in [6.07, 6.45) is 7.15. The van der Waals surface area contributed by atoms with E-state index in [1.807, 2.05) is 0 Å². The minimum atomic E-state index is -1.19. The number of aliphatic hydroxyl groups is 1. The Labute approximate surface area is 139 Å². The van der Waals surface area contributed by atoms with Gasteiger partial charge in [0.1, 0.15) is 17.5 Å². The van der Waals surface area contributed by atoms with Crippen LogP contribution < -0.4 is 16.4 Å². The highest BCUT2D eigenvalue weighted by Gasteiger charge is 2.25. The van der Waals surface area contributed by atoms with E-state index in [4.69, 9.17) is 21.0 Å². The third kappa shape index (κ3) is 4.45. The van der Waals surface area contributed by atoms with E-state index in [1.54, 1.807) is 18.2 Å². The number of nitrogens with two attached hydrogens (primary N) is 1. The number of carbonyl (C=O) groups is 2. The molecule has 8 nitrogen and oxygen atoms in total. The molecule has 1 saturated carbocycles. The summed E-state index contributed by atoms with van der Waals surface area (Å²) in [5.41, 5.74) is 5.67. The van der Waals surface area contributed by atoms with Crippen molar-refractivity contribution in [3.8, 4) is 0 Å². The summed E-state index contributed by atoms with van der Waals surface area (Å²) in [4.78, 5) is 23.5. The second kappa shape index (κ2) is 7.78. The molecule has 0 bridgehead atoms. The van der Waals surface area contributed by atoms with Gasteiger partial charge in [0.05, 0.1) is 18.9 Å². The Morgan fingerprint density at radius 2 is 2.17 bits per heavy atom. The predicted molar refractivity (Wildman–Crippen MR) is 87.9 cm³/mol. The predicted octanol–water partition coefficient (Wildman–Crippen LogP) is -0.678. The van der Waals surface area contributed by atoms with Crippen molar-refractivity contribution in [1.29, 1.82) is 5.41 Å². The van der Waals surface area contributed by atoms with Gasteiger partial charge in [0.15, 0.2) is 0 Å². The van der Waals surface area contributed by atoms with Crippen molar-refractivity contribution in [3.05, 3.63) is 35.3 Å². The second-order valence-corrected chi connectivity index (χ2v) is 5.70. The molecule has 2 rings (SSSR count).